The van der Waals surface area contributed by atoms with Crippen molar-refractivity contribution in [3.63, 3.8) is 0 Å². The van der Waals surface area contributed by atoms with Gasteiger partial charge in [0.15, 0.2) is 5.82 Å². The molecule has 1 N–H and O–H groups in total. The minimum atomic E-state index is 0.764. The highest BCUT2D eigenvalue weighted by Gasteiger charge is 2.19. The van der Waals surface area contributed by atoms with Gasteiger partial charge < -0.3 is 10.2 Å². The number of para-hydroxylation sites is 1. The molecule has 1 aliphatic rings. The molecule has 0 radical (unpaired) electrons. The van der Waals surface area contributed by atoms with E-state index < -0.39 is 0 Å². The molecule has 1 fully saturated rings. The van der Waals surface area contributed by atoms with E-state index in [1.807, 2.05) is 48.5 Å². The summed E-state index contributed by atoms with van der Waals surface area (Å²) >= 11 is 0. The highest BCUT2D eigenvalue weighted by atomic mass is 15.2. The van der Waals surface area contributed by atoms with Crippen LogP contribution < -0.4 is 10.2 Å². The summed E-state index contributed by atoms with van der Waals surface area (Å²) in [6, 6.07) is 22.4. The topological polar surface area (TPSA) is 41.0 Å². The van der Waals surface area contributed by atoms with Gasteiger partial charge in [-0.25, -0.2) is 9.97 Å². The second-order valence-electron chi connectivity index (χ2n) is 6.96. The Bertz CT molecular complexity index is 841. The van der Waals surface area contributed by atoms with E-state index in [1.165, 1.54) is 12.8 Å². The summed E-state index contributed by atoms with van der Waals surface area (Å²) in [7, 11) is 0. The first kappa shape index (κ1) is 16.6. The number of piperidine rings is 1. The van der Waals surface area contributed by atoms with Gasteiger partial charge in [-0.1, -0.05) is 55.5 Å². The largest absolute Gasteiger partial charge is 0.356 e. The van der Waals surface area contributed by atoms with E-state index in [-0.39, 0.29) is 0 Å². The average molecular weight is 344 g/mol. The highest BCUT2D eigenvalue weighted by molar-refractivity contribution is 5.65. The minimum Gasteiger partial charge on any atom is -0.356 e. The Balaban J connectivity index is 1.69. The fourth-order valence-electron chi connectivity index (χ4n) is 3.28. The van der Waals surface area contributed by atoms with Crippen LogP contribution in [0, 0.1) is 5.92 Å². The Morgan fingerprint density at radius 3 is 2.23 bits per heavy atom. The minimum absolute atomic E-state index is 0.764. The molecular weight excluding hydrogens is 320 g/mol. The second kappa shape index (κ2) is 7.56. The van der Waals surface area contributed by atoms with Crippen LogP contribution in [0.4, 0.5) is 17.3 Å². The van der Waals surface area contributed by atoms with Crippen LogP contribution in [0.15, 0.2) is 66.7 Å². The smallest absolute Gasteiger partial charge is 0.163 e. The SMILES string of the molecule is CC1CCN(c2cc(Nc3ccccc3)nc(-c3ccccc3)n2)CC1. The number of rotatable bonds is 4. The number of nitrogens with zero attached hydrogens (tertiary/aromatic N) is 3. The quantitative estimate of drug-likeness (QED) is 0.713. The molecule has 2 heterocycles. The van der Waals surface area contributed by atoms with Gasteiger partial charge in [0.05, 0.1) is 0 Å². The van der Waals surface area contributed by atoms with Crippen molar-refractivity contribution in [1.29, 1.82) is 0 Å². The van der Waals surface area contributed by atoms with E-state index in [1.54, 1.807) is 0 Å². The third-order valence-electron chi connectivity index (χ3n) is 4.90. The van der Waals surface area contributed by atoms with Crippen molar-refractivity contribution in [2.45, 2.75) is 19.8 Å². The zero-order valence-electron chi connectivity index (χ0n) is 15.1. The van der Waals surface area contributed by atoms with Crippen LogP contribution in [0.25, 0.3) is 11.4 Å². The molecule has 0 amide bonds. The van der Waals surface area contributed by atoms with Gasteiger partial charge in [-0.05, 0) is 30.9 Å². The lowest BCUT2D eigenvalue weighted by Gasteiger charge is -2.31. The second-order valence-corrected chi connectivity index (χ2v) is 6.96. The Labute approximate surface area is 154 Å². The van der Waals surface area contributed by atoms with Crippen LogP contribution in [-0.2, 0) is 0 Å². The third kappa shape index (κ3) is 3.85. The molecular formula is C22H24N4. The molecule has 0 spiro atoms. The Kier molecular flexibility index (Phi) is 4.82. The first-order valence-electron chi connectivity index (χ1n) is 9.29. The zero-order valence-corrected chi connectivity index (χ0v) is 15.1. The summed E-state index contributed by atoms with van der Waals surface area (Å²) in [6.45, 7) is 4.43. The first-order valence-corrected chi connectivity index (χ1v) is 9.29. The summed E-state index contributed by atoms with van der Waals surface area (Å²) in [4.78, 5) is 12.0. The van der Waals surface area contributed by atoms with Crippen LogP contribution in [-0.4, -0.2) is 23.1 Å². The molecule has 4 nitrogen and oxygen atoms in total. The number of benzene rings is 2. The summed E-state index contributed by atoms with van der Waals surface area (Å²) in [5.41, 5.74) is 2.07. The first-order chi connectivity index (χ1) is 12.8. The normalized spacial score (nSPS) is 15.0. The molecule has 1 aliphatic heterocycles. The maximum Gasteiger partial charge on any atom is 0.163 e. The zero-order chi connectivity index (χ0) is 17.8. The molecule has 1 aromatic heterocycles. The van der Waals surface area contributed by atoms with Crippen molar-refractivity contribution in [3.05, 3.63) is 66.7 Å². The van der Waals surface area contributed by atoms with Crippen LogP contribution in [0.2, 0.25) is 0 Å². The van der Waals surface area contributed by atoms with Crippen molar-refractivity contribution < 1.29 is 0 Å². The van der Waals surface area contributed by atoms with Gasteiger partial charge in [0, 0.05) is 30.4 Å². The lowest BCUT2D eigenvalue weighted by atomic mass is 9.99. The number of hydrogen-bond donors (Lipinski definition) is 1. The highest BCUT2D eigenvalue weighted by Crippen LogP contribution is 2.27. The van der Waals surface area contributed by atoms with E-state index in [0.29, 0.717) is 0 Å². The van der Waals surface area contributed by atoms with Crippen LogP contribution in [0.3, 0.4) is 0 Å². The third-order valence-corrected chi connectivity index (χ3v) is 4.90. The fraction of sp³-hybridized carbons (Fsp3) is 0.273. The monoisotopic (exact) mass is 344 g/mol. The van der Waals surface area contributed by atoms with Gasteiger partial charge in [-0.2, -0.15) is 0 Å². The predicted molar refractivity (Wildman–Crippen MR) is 108 cm³/mol. The van der Waals surface area contributed by atoms with Gasteiger partial charge in [0.25, 0.3) is 0 Å². The molecule has 0 unspecified atom stereocenters. The van der Waals surface area contributed by atoms with Crippen molar-refractivity contribution in [2.75, 3.05) is 23.3 Å². The number of aromatic nitrogens is 2. The maximum atomic E-state index is 4.87. The van der Waals surface area contributed by atoms with Gasteiger partial charge >= 0.3 is 0 Å². The molecule has 0 bridgehead atoms. The Morgan fingerprint density at radius 1 is 0.885 bits per heavy atom. The summed E-state index contributed by atoms with van der Waals surface area (Å²) in [5, 5.41) is 3.42. The van der Waals surface area contributed by atoms with Gasteiger partial charge in [0.1, 0.15) is 11.6 Å². The number of nitrogens with one attached hydrogen (secondary N) is 1. The summed E-state index contributed by atoms with van der Waals surface area (Å²) < 4.78 is 0. The fourth-order valence-corrected chi connectivity index (χ4v) is 3.28. The maximum absolute atomic E-state index is 4.87. The van der Waals surface area contributed by atoms with E-state index in [9.17, 15) is 0 Å². The summed E-state index contributed by atoms with van der Waals surface area (Å²) in [5.74, 6) is 3.40. The van der Waals surface area contributed by atoms with Crippen LogP contribution >= 0.6 is 0 Å². The standard InChI is InChI=1S/C22H24N4/c1-17-12-14-26(15-13-17)21-16-20(23-19-10-6-3-7-11-19)24-22(25-21)18-8-4-2-5-9-18/h2-11,16-17H,12-15H2,1H3,(H,23,24,25). The summed E-state index contributed by atoms with van der Waals surface area (Å²) in [6.07, 6.45) is 2.43. The lowest BCUT2D eigenvalue weighted by molar-refractivity contribution is 0.436. The average Bonchev–Trinajstić information content (AvgIpc) is 2.70. The van der Waals surface area contributed by atoms with Crippen molar-refractivity contribution in [1.82, 2.24) is 9.97 Å². The van der Waals surface area contributed by atoms with E-state index >= 15 is 0 Å². The molecule has 2 aromatic carbocycles. The van der Waals surface area contributed by atoms with Crippen molar-refractivity contribution in [2.24, 2.45) is 5.92 Å². The van der Waals surface area contributed by atoms with Crippen LogP contribution in [0.1, 0.15) is 19.8 Å². The molecule has 4 rings (SSSR count). The molecule has 0 aliphatic carbocycles. The Hall–Kier alpha value is -2.88. The Morgan fingerprint density at radius 2 is 1.54 bits per heavy atom. The number of hydrogen-bond acceptors (Lipinski definition) is 4. The van der Waals surface area contributed by atoms with E-state index in [4.69, 9.17) is 9.97 Å². The van der Waals surface area contributed by atoms with Crippen LogP contribution in [0.5, 0.6) is 0 Å². The molecule has 26 heavy (non-hydrogen) atoms. The lowest BCUT2D eigenvalue weighted by Crippen LogP contribution is -2.33. The van der Waals surface area contributed by atoms with Crippen molar-refractivity contribution in [3.8, 4) is 11.4 Å². The molecule has 1 saturated heterocycles. The van der Waals surface area contributed by atoms with E-state index in [2.05, 4.69) is 35.3 Å². The predicted octanol–water partition coefficient (Wildman–Crippen LogP) is 5.12. The number of anilines is 3. The van der Waals surface area contributed by atoms with Gasteiger partial charge in [-0.15, -0.1) is 0 Å². The van der Waals surface area contributed by atoms with Gasteiger partial charge in [0.2, 0.25) is 0 Å². The molecule has 3 aromatic rings. The molecule has 132 valence electrons. The van der Waals surface area contributed by atoms with E-state index in [0.717, 1.165) is 47.7 Å². The molecule has 0 saturated carbocycles. The molecule has 0 atom stereocenters. The molecule has 4 heteroatoms. The van der Waals surface area contributed by atoms with Crippen molar-refractivity contribution >= 4 is 17.3 Å². The van der Waals surface area contributed by atoms with Gasteiger partial charge in [-0.3, -0.25) is 0 Å².